The van der Waals surface area contributed by atoms with Crippen molar-refractivity contribution in [3.05, 3.63) is 35.4 Å². The largest absolute Gasteiger partial charge is 0.395 e. The number of nitrogens with one attached hydrogen (secondary N) is 1. The van der Waals surface area contributed by atoms with Crippen LogP contribution in [0.4, 0.5) is 0 Å². The Morgan fingerprint density at radius 2 is 1.94 bits per heavy atom. The van der Waals surface area contributed by atoms with E-state index in [2.05, 4.69) is 43.4 Å². The van der Waals surface area contributed by atoms with Crippen LogP contribution in [0.2, 0.25) is 0 Å². The molecule has 0 aliphatic carbocycles. The Hall–Kier alpha value is -0.510. The predicted molar refractivity (Wildman–Crippen MR) is 76.6 cm³/mol. The summed E-state index contributed by atoms with van der Waals surface area (Å²) >= 11 is 1.80. The molecule has 2 atom stereocenters. The zero-order valence-corrected chi connectivity index (χ0v) is 11.8. The molecule has 0 radical (unpaired) electrons. The maximum Gasteiger partial charge on any atom is 0.0547 e. The van der Waals surface area contributed by atoms with Crippen LogP contribution in [0.3, 0.4) is 0 Å². The minimum absolute atomic E-state index is 0.246. The number of aliphatic hydroxyl groups is 1. The van der Waals surface area contributed by atoms with Crippen LogP contribution in [-0.4, -0.2) is 29.8 Å². The van der Waals surface area contributed by atoms with Gasteiger partial charge in [-0.15, -0.1) is 0 Å². The van der Waals surface area contributed by atoms with Crippen molar-refractivity contribution in [3.63, 3.8) is 0 Å². The van der Waals surface area contributed by atoms with E-state index in [-0.39, 0.29) is 6.61 Å². The molecule has 3 heteroatoms. The molecule has 2 unspecified atom stereocenters. The Bertz CT molecular complexity index is 313. The minimum Gasteiger partial charge on any atom is -0.395 e. The van der Waals surface area contributed by atoms with Gasteiger partial charge in [0.15, 0.2) is 0 Å². The van der Waals surface area contributed by atoms with Crippen LogP contribution in [0.15, 0.2) is 24.3 Å². The molecule has 0 saturated carbocycles. The fraction of sp³-hybridized carbons (Fsp3) is 0.571. The molecular formula is C14H23NOS. The lowest BCUT2D eigenvalue weighted by Gasteiger charge is -2.18. The van der Waals surface area contributed by atoms with Crippen LogP contribution in [0, 0.1) is 0 Å². The third kappa shape index (κ3) is 4.70. The first-order valence-electron chi connectivity index (χ1n) is 6.19. The number of thioether (sulfide) groups is 1. The first-order chi connectivity index (χ1) is 8.21. The molecular weight excluding hydrogens is 230 g/mol. The number of aliphatic hydroxyl groups excluding tert-OH is 1. The number of benzene rings is 1. The van der Waals surface area contributed by atoms with E-state index in [1.807, 2.05) is 7.05 Å². The molecule has 96 valence electrons. The van der Waals surface area contributed by atoms with E-state index in [4.69, 9.17) is 5.11 Å². The zero-order chi connectivity index (χ0) is 12.7. The van der Waals surface area contributed by atoms with E-state index >= 15 is 0 Å². The summed E-state index contributed by atoms with van der Waals surface area (Å²) in [5, 5.41) is 12.7. The van der Waals surface area contributed by atoms with Gasteiger partial charge in [0.2, 0.25) is 0 Å². The highest BCUT2D eigenvalue weighted by Gasteiger charge is 2.11. The fourth-order valence-electron chi connectivity index (χ4n) is 1.65. The van der Waals surface area contributed by atoms with Gasteiger partial charge in [0.1, 0.15) is 0 Å². The lowest BCUT2D eigenvalue weighted by molar-refractivity contribution is 0.300. The molecule has 0 bridgehead atoms. The van der Waals surface area contributed by atoms with E-state index < -0.39 is 0 Å². The Morgan fingerprint density at radius 1 is 1.29 bits per heavy atom. The Labute approximate surface area is 109 Å². The molecule has 0 heterocycles. The quantitative estimate of drug-likeness (QED) is 0.783. The van der Waals surface area contributed by atoms with Gasteiger partial charge < -0.3 is 10.4 Å². The molecule has 1 rings (SSSR count). The summed E-state index contributed by atoms with van der Waals surface area (Å²) in [7, 11) is 1.99. The third-order valence-electron chi connectivity index (χ3n) is 2.94. The predicted octanol–water partition coefficient (Wildman–Crippen LogP) is 2.62. The lowest BCUT2D eigenvalue weighted by atomic mass is 10.1. The summed E-state index contributed by atoms with van der Waals surface area (Å²) in [6.45, 7) is 4.47. The summed E-state index contributed by atoms with van der Waals surface area (Å²) < 4.78 is 0. The van der Waals surface area contributed by atoms with E-state index in [0.29, 0.717) is 11.3 Å². The van der Waals surface area contributed by atoms with Crippen LogP contribution in [0.25, 0.3) is 0 Å². The molecule has 0 aliphatic rings. The summed E-state index contributed by atoms with van der Waals surface area (Å²) in [5.74, 6) is 0.990. The molecule has 0 fully saturated rings. The minimum atomic E-state index is 0.246. The van der Waals surface area contributed by atoms with Crippen molar-refractivity contribution < 1.29 is 5.11 Å². The zero-order valence-electron chi connectivity index (χ0n) is 10.9. The molecule has 0 saturated heterocycles. The molecule has 0 spiro atoms. The summed E-state index contributed by atoms with van der Waals surface area (Å²) in [6, 6.07) is 9.15. The van der Waals surface area contributed by atoms with Gasteiger partial charge in [0.05, 0.1) is 6.61 Å². The molecule has 0 aliphatic heterocycles. The lowest BCUT2D eigenvalue weighted by Crippen LogP contribution is -2.20. The van der Waals surface area contributed by atoms with Crippen LogP contribution in [0.1, 0.15) is 31.0 Å². The highest BCUT2D eigenvalue weighted by molar-refractivity contribution is 7.99. The van der Waals surface area contributed by atoms with E-state index in [1.54, 1.807) is 11.8 Å². The van der Waals surface area contributed by atoms with Crippen molar-refractivity contribution in [2.45, 2.75) is 31.6 Å². The standard InChI is InChI=1S/C14H23NOS/c1-4-12-5-7-13(8-6-12)14(15-3)10-17-11(2)9-16/h5-8,11,14-16H,4,9-10H2,1-3H3. The SMILES string of the molecule is CCc1ccc(C(CSC(C)CO)NC)cc1. The average Bonchev–Trinajstić information content (AvgIpc) is 2.39. The van der Waals surface area contributed by atoms with Gasteiger partial charge in [0.25, 0.3) is 0 Å². The van der Waals surface area contributed by atoms with Crippen molar-refractivity contribution in [1.82, 2.24) is 5.32 Å². The normalized spacial score (nSPS) is 14.6. The average molecular weight is 253 g/mol. The second-order valence-electron chi connectivity index (χ2n) is 4.26. The van der Waals surface area contributed by atoms with Gasteiger partial charge in [-0.05, 0) is 24.6 Å². The van der Waals surface area contributed by atoms with Gasteiger partial charge in [-0.2, -0.15) is 11.8 Å². The second kappa shape index (κ2) is 7.75. The Balaban J connectivity index is 2.59. The molecule has 2 N–H and O–H groups in total. The first kappa shape index (κ1) is 14.6. The van der Waals surface area contributed by atoms with Gasteiger partial charge in [-0.3, -0.25) is 0 Å². The molecule has 17 heavy (non-hydrogen) atoms. The molecule has 0 aromatic heterocycles. The van der Waals surface area contributed by atoms with Crippen LogP contribution >= 0.6 is 11.8 Å². The Morgan fingerprint density at radius 3 is 2.41 bits per heavy atom. The molecule has 1 aromatic rings. The summed E-state index contributed by atoms with van der Waals surface area (Å²) in [4.78, 5) is 0. The van der Waals surface area contributed by atoms with Crippen LogP contribution in [0.5, 0.6) is 0 Å². The molecule has 1 aromatic carbocycles. The van der Waals surface area contributed by atoms with Crippen molar-refractivity contribution >= 4 is 11.8 Å². The van der Waals surface area contributed by atoms with E-state index in [1.165, 1.54) is 11.1 Å². The number of rotatable bonds is 7. The second-order valence-corrected chi connectivity index (χ2v) is 5.73. The van der Waals surface area contributed by atoms with Gasteiger partial charge >= 0.3 is 0 Å². The topological polar surface area (TPSA) is 32.3 Å². The number of aryl methyl sites for hydroxylation is 1. The number of hydrogen-bond donors (Lipinski definition) is 2. The van der Waals surface area contributed by atoms with Crippen molar-refractivity contribution in [3.8, 4) is 0 Å². The van der Waals surface area contributed by atoms with Gasteiger partial charge in [-0.25, -0.2) is 0 Å². The smallest absolute Gasteiger partial charge is 0.0547 e. The fourth-order valence-corrected chi connectivity index (χ4v) is 2.63. The molecule has 0 amide bonds. The summed E-state index contributed by atoms with van der Waals surface area (Å²) in [5.41, 5.74) is 2.70. The third-order valence-corrected chi connectivity index (χ3v) is 4.19. The Kier molecular flexibility index (Phi) is 6.63. The number of hydrogen-bond acceptors (Lipinski definition) is 3. The van der Waals surface area contributed by atoms with Crippen LogP contribution < -0.4 is 5.32 Å². The van der Waals surface area contributed by atoms with Crippen molar-refractivity contribution in [2.75, 3.05) is 19.4 Å². The van der Waals surface area contributed by atoms with E-state index in [0.717, 1.165) is 12.2 Å². The maximum atomic E-state index is 9.02. The van der Waals surface area contributed by atoms with Crippen molar-refractivity contribution in [2.24, 2.45) is 0 Å². The van der Waals surface area contributed by atoms with Crippen molar-refractivity contribution in [1.29, 1.82) is 0 Å². The van der Waals surface area contributed by atoms with Gasteiger partial charge in [0, 0.05) is 17.0 Å². The maximum absolute atomic E-state index is 9.02. The summed E-state index contributed by atoms with van der Waals surface area (Å²) in [6.07, 6.45) is 1.08. The van der Waals surface area contributed by atoms with E-state index in [9.17, 15) is 0 Å². The highest BCUT2D eigenvalue weighted by Crippen LogP contribution is 2.21. The van der Waals surface area contributed by atoms with Gasteiger partial charge in [-0.1, -0.05) is 38.1 Å². The molecule has 2 nitrogen and oxygen atoms in total. The van der Waals surface area contributed by atoms with Crippen LogP contribution in [-0.2, 0) is 6.42 Å². The highest BCUT2D eigenvalue weighted by atomic mass is 32.2. The monoisotopic (exact) mass is 253 g/mol. The first-order valence-corrected chi connectivity index (χ1v) is 7.24.